The maximum absolute atomic E-state index is 3.60. The van der Waals surface area contributed by atoms with Gasteiger partial charge in [-0.25, -0.2) is 0 Å². The molecule has 102 valence electrons. The molecule has 0 heterocycles. The molecular formula is C16H28N2. The molecule has 2 heteroatoms. The van der Waals surface area contributed by atoms with Crippen molar-refractivity contribution in [3.63, 3.8) is 0 Å². The van der Waals surface area contributed by atoms with Crippen LogP contribution in [0.3, 0.4) is 0 Å². The zero-order chi connectivity index (χ0) is 13.6. The SMILES string of the molecule is CC(C)CNCC(C)(CN(C)C)c1ccccc1. The fourth-order valence-corrected chi connectivity index (χ4v) is 2.42. The van der Waals surface area contributed by atoms with E-state index in [-0.39, 0.29) is 5.41 Å². The third kappa shape index (κ3) is 4.79. The van der Waals surface area contributed by atoms with Gasteiger partial charge in [0.15, 0.2) is 0 Å². The Kier molecular flexibility index (Phi) is 5.83. The van der Waals surface area contributed by atoms with Crippen LogP contribution in [0.15, 0.2) is 30.3 Å². The summed E-state index contributed by atoms with van der Waals surface area (Å²) in [5.41, 5.74) is 1.58. The molecule has 0 aliphatic carbocycles. The van der Waals surface area contributed by atoms with Gasteiger partial charge in [0.05, 0.1) is 0 Å². The highest BCUT2D eigenvalue weighted by atomic mass is 15.1. The third-order valence-electron chi connectivity index (χ3n) is 3.20. The highest BCUT2D eigenvalue weighted by molar-refractivity contribution is 5.25. The van der Waals surface area contributed by atoms with Gasteiger partial charge in [-0.3, -0.25) is 0 Å². The van der Waals surface area contributed by atoms with Gasteiger partial charge in [-0.05, 0) is 32.1 Å². The van der Waals surface area contributed by atoms with Crippen molar-refractivity contribution >= 4 is 0 Å². The predicted molar refractivity (Wildman–Crippen MR) is 80.1 cm³/mol. The minimum atomic E-state index is 0.166. The van der Waals surface area contributed by atoms with Gasteiger partial charge in [-0.1, -0.05) is 51.1 Å². The number of benzene rings is 1. The molecule has 18 heavy (non-hydrogen) atoms. The average Bonchev–Trinajstić information content (AvgIpc) is 2.28. The Morgan fingerprint density at radius 2 is 1.78 bits per heavy atom. The Morgan fingerprint density at radius 3 is 2.28 bits per heavy atom. The second-order valence-electron chi connectivity index (χ2n) is 6.19. The van der Waals surface area contributed by atoms with E-state index in [4.69, 9.17) is 0 Å². The zero-order valence-electron chi connectivity index (χ0n) is 12.5. The van der Waals surface area contributed by atoms with Gasteiger partial charge in [0.1, 0.15) is 0 Å². The van der Waals surface area contributed by atoms with Crippen molar-refractivity contribution in [1.29, 1.82) is 0 Å². The summed E-state index contributed by atoms with van der Waals surface area (Å²) in [5, 5.41) is 3.60. The second kappa shape index (κ2) is 6.91. The summed E-state index contributed by atoms with van der Waals surface area (Å²) >= 11 is 0. The molecule has 0 radical (unpaired) electrons. The van der Waals surface area contributed by atoms with Crippen LogP contribution in [0.1, 0.15) is 26.3 Å². The van der Waals surface area contributed by atoms with Crippen molar-refractivity contribution < 1.29 is 0 Å². The van der Waals surface area contributed by atoms with E-state index in [9.17, 15) is 0 Å². The molecule has 0 amide bonds. The van der Waals surface area contributed by atoms with Gasteiger partial charge < -0.3 is 10.2 Å². The number of nitrogens with one attached hydrogen (secondary N) is 1. The highest BCUT2D eigenvalue weighted by Gasteiger charge is 2.26. The summed E-state index contributed by atoms with van der Waals surface area (Å²) in [7, 11) is 4.28. The van der Waals surface area contributed by atoms with Gasteiger partial charge in [0.2, 0.25) is 0 Å². The fraction of sp³-hybridized carbons (Fsp3) is 0.625. The Bertz CT molecular complexity index is 332. The van der Waals surface area contributed by atoms with Crippen LogP contribution in [-0.2, 0) is 5.41 Å². The third-order valence-corrected chi connectivity index (χ3v) is 3.20. The molecule has 0 saturated heterocycles. The molecule has 1 aromatic rings. The standard InChI is InChI=1S/C16H28N2/c1-14(2)11-17-12-16(3,13-18(4)5)15-9-7-6-8-10-15/h6-10,14,17H,11-13H2,1-5H3. The Labute approximate surface area is 112 Å². The Morgan fingerprint density at radius 1 is 1.17 bits per heavy atom. The van der Waals surface area contributed by atoms with Gasteiger partial charge in [0, 0.05) is 18.5 Å². The molecule has 0 aliphatic rings. The second-order valence-corrected chi connectivity index (χ2v) is 6.19. The first kappa shape index (κ1) is 15.2. The van der Waals surface area contributed by atoms with Crippen LogP contribution in [0.25, 0.3) is 0 Å². The summed E-state index contributed by atoms with van der Waals surface area (Å²) in [4.78, 5) is 2.27. The molecule has 0 fully saturated rings. The van der Waals surface area contributed by atoms with Crippen LogP contribution >= 0.6 is 0 Å². The van der Waals surface area contributed by atoms with E-state index in [1.165, 1.54) is 5.56 Å². The summed E-state index contributed by atoms with van der Waals surface area (Å²) in [6.07, 6.45) is 0. The van der Waals surface area contributed by atoms with Crippen molar-refractivity contribution in [3.05, 3.63) is 35.9 Å². The smallest absolute Gasteiger partial charge is 0.0176 e. The molecule has 0 spiro atoms. The lowest BCUT2D eigenvalue weighted by Crippen LogP contribution is -2.44. The summed E-state index contributed by atoms with van der Waals surface area (Å²) in [6.45, 7) is 10.00. The first-order valence-electron chi connectivity index (χ1n) is 6.85. The van der Waals surface area contributed by atoms with E-state index in [1.807, 2.05) is 0 Å². The largest absolute Gasteiger partial charge is 0.316 e. The van der Waals surface area contributed by atoms with Crippen LogP contribution in [0.2, 0.25) is 0 Å². The number of hydrogen-bond donors (Lipinski definition) is 1. The number of rotatable bonds is 7. The monoisotopic (exact) mass is 248 g/mol. The normalized spacial score (nSPS) is 15.1. The van der Waals surface area contributed by atoms with E-state index >= 15 is 0 Å². The van der Waals surface area contributed by atoms with Gasteiger partial charge >= 0.3 is 0 Å². The summed E-state index contributed by atoms with van der Waals surface area (Å²) in [6, 6.07) is 10.8. The maximum atomic E-state index is 3.60. The van der Waals surface area contributed by atoms with E-state index in [0.717, 1.165) is 19.6 Å². The fourth-order valence-electron chi connectivity index (χ4n) is 2.42. The first-order valence-corrected chi connectivity index (χ1v) is 6.85. The summed E-state index contributed by atoms with van der Waals surface area (Å²) < 4.78 is 0. The van der Waals surface area contributed by atoms with Crippen LogP contribution in [0, 0.1) is 5.92 Å². The van der Waals surface area contributed by atoms with E-state index in [0.29, 0.717) is 5.92 Å². The van der Waals surface area contributed by atoms with Crippen molar-refractivity contribution in [2.45, 2.75) is 26.2 Å². The predicted octanol–water partition coefficient (Wildman–Crippen LogP) is 2.75. The molecule has 0 bridgehead atoms. The van der Waals surface area contributed by atoms with Gasteiger partial charge in [-0.15, -0.1) is 0 Å². The molecule has 1 aromatic carbocycles. The van der Waals surface area contributed by atoms with Crippen molar-refractivity contribution in [2.24, 2.45) is 5.92 Å². The lowest BCUT2D eigenvalue weighted by molar-refractivity contribution is 0.285. The van der Waals surface area contributed by atoms with Crippen LogP contribution < -0.4 is 5.32 Å². The van der Waals surface area contributed by atoms with Gasteiger partial charge in [-0.2, -0.15) is 0 Å². The minimum Gasteiger partial charge on any atom is -0.316 e. The van der Waals surface area contributed by atoms with Crippen LogP contribution in [0.4, 0.5) is 0 Å². The lowest BCUT2D eigenvalue weighted by Gasteiger charge is -2.33. The van der Waals surface area contributed by atoms with E-state index in [1.54, 1.807) is 0 Å². The van der Waals surface area contributed by atoms with Crippen molar-refractivity contribution in [1.82, 2.24) is 10.2 Å². The average molecular weight is 248 g/mol. The quantitative estimate of drug-likeness (QED) is 0.798. The maximum Gasteiger partial charge on any atom is 0.0176 e. The molecular weight excluding hydrogens is 220 g/mol. The van der Waals surface area contributed by atoms with E-state index in [2.05, 4.69) is 75.4 Å². The number of nitrogens with zero attached hydrogens (tertiary/aromatic N) is 1. The van der Waals surface area contributed by atoms with Crippen molar-refractivity contribution in [2.75, 3.05) is 33.7 Å². The topological polar surface area (TPSA) is 15.3 Å². The molecule has 1 N–H and O–H groups in total. The van der Waals surface area contributed by atoms with Crippen LogP contribution in [-0.4, -0.2) is 38.6 Å². The Hall–Kier alpha value is -0.860. The molecule has 1 atom stereocenters. The van der Waals surface area contributed by atoms with Gasteiger partial charge in [0.25, 0.3) is 0 Å². The molecule has 0 saturated carbocycles. The zero-order valence-corrected chi connectivity index (χ0v) is 12.5. The Balaban J connectivity index is 2.75. The van der Waals surface area contributed by atoms with Crippen LogP contribution in [0.5, 0.6) is 0 Å². The minimum absolute atomic E-state index is 0.166. The summed E-state index contributed by atoms with van der Waals surface area (Å²) in [5.74, 6) is 0.698. The lowest BCUT2D eigenvalue weighted by atomic mass is 9.82. The molecule has 0 aromatic heterocycles. The molecule has 1 rings (SSSR count). The van der Waals surface area contributed by atoms with E-state index < -0.39 is 0 Å². The van der Waals surface area contributed by atoms with Crippen molar-refractivity contribution in [3.8, 4) is 0 Å². The molecule has 0 aliphatic heterocycles. The number of likely N-dealkylation sites (N-methyl/N-ethyl adjacent to an activating group) is 1. The molecule has 2 nitrogen and oxygen atoms in total. The first-order chi connectivity index (χ1) is 8.44. The number of hydrogen-bond acceptors (Lipinski definition) is 2. The highest BCUT2D eigenvalue weighted by Crippen LogP contribution is 2.23. The molecule has 1 unspecified atom stereocenters.